The fourth-order valence-electron chi connectivity index (χ4n) is 3.15. The van der Waals surface area contributed by atoms with Crippen LogP contribution in [-0.4, -0.2) is 97.5 Å². The Balaban J connectivity index is 2.12. The number of rotatable bonds is 4. The lowest BCUT2D eigenvalue weighted by molar-refractivity contribution is -0.338. The summed E-state index contributed by atoms with van der Waals surface area (Å²) in [6.45, 7) is 0.918. The highest BCUT2D eigenvalue weighted by Gasteiger charge is 2.51. The van der Waals surface area contributed by atoms with Crippen LogP contribution in [0.2, 0.25) is 0 Å². The highest BCUT2D eigenvalue weighted by atomic mass is 16.7. The highest BCUT2D eigenvalue weighted by molar-refractivity contribution is 4.97. The first-order valence-corrected chi connectivity index (χ1v) is 7.78. The smallest absolute Gasteiger partial charge is 0.194 e. The van der Waals surface area contributed by atoms with E-state index >= 15 is 0 Å². The van der Waals surface area contributed by atoms with Crippen LogP contribution in [0.4, 0.5) is 0 Å². The lowest BCUT2D eigenvalue weighted by Gasteiger charge is -2.46. The van der Waals surface area contributed by atoms with Gasteiger partial charge in [0.2, 0.25) is 0 Å². The number of ether oxygens (including phenoxy) is 2. The maximum Gasteiger partial charge on any atom is 0.194 e. The van der Waals surface area contributed by atoms with Crippen molar-refractivity contribution in [2.45, 2.75) is 68.3 Å². The predicted molar refractivity (Wildman–Crippen MR) is 75.1 cm³/mol. The van der Waals surface area contributed by atoms with Crippen molar-refractivity contribution in [3.63, 3.8) is 0 Å². The number of hydrogen-bond acceptors (Lipinski definition) is 9. The Labute approximate surface area is 133 Å². The van der Waals surface area contributed by atoms with Crippen LogP contribution in [0.5, 0.6) is 0 Å². The molecule has 1 aliphatic carbocycles. The van der Waals surface area contributed by atoms with Crippen LogP contribution in [0.15, 0.2) is 0 Å². The molecule has 1 heterocycles. The van der Waals surface area contributed by atoms with Gasteiger partial charge in [0, 0.05) is 18.9 Å². The third-order valence-electron chi connectivity index (χ3n) is 4.83. The molecule has 0 spiro atoms. The van der Waals surface area contributed by atoms with Crippen LogP contribution in [-0.2, 0) is 9.47 Å². The van der Waals surface area contributed by atoms with Crippen LogP contribution < -0.4 is 0 Å². The van der Waals surface area contributed by atoms with Gasteiger partial charge in [-0.25, -0.2) is 0 Å². The molecule has 2 fully saturated rings. The minimum Gasteiger partial charge on any atom is -0.396 e. The maximum absolute atomic E-state index is 10.2. The Morgan fingerprint density at radius 2 is 1.74 bits per heavy atom. The lowest BCUT2D eigenvalue weighted by atomic mass is 9.81. The molecular weight excluding hydrogens is 312 g/mol. The molecule has 136 valence electrons. The van der Waals surface area contributed by atoms with E-state index in [1.165, 1.54) is 0 Å². The van der Waals surface area contributed by atoms with Crippen molar-refractivity contribution in [3.8, 4) is 0 Å². The van der Waals surface area contributed by atoms with E-state index < -0.39 is 61.0 Å². The first-order valence-electron chi connectivity index (χ1n) is 7.78. The fraction of sp³-hybridized carbons (Fsp3) is 1.00. The van der Waals surface area contributed by atoms with Gasteiger partial charge >= 0.3 is 0 Å². The van der Waals surface area contributed by atoms with Crippen molar-refractivity contribution < 1.29 is 45.2 Å². The van der Waals surface area contributed by atoms with Gasteiger partial charge in [-0.3, -0.25) is 0 Å². The van der Waals surface area contributed by atoms with Crippen LogP contribution in [0.3, 0.4) is 0 Å². The van der Waals surface area contributed by atoms with E-state index in [9.17, 15) is 35.7 Å². The summed E-state index contributed by atoms with van der Waals surface area (Å²) in [6.07, 6.45) is -9.25. The van der Waals surface area contributed by atoms with Crippen molar-refractivity contribution in [3.05, 3.63) is 0 Å². The first-order chi connectivity index (χ1) is 10.7. The Morgan fingerprint density at radius 1 is 1.09 bits per heavy atom. The van der Waals surface area contributed by atoms with Crippen LogP contribution >= 0.6 is 0 Å². The van der Waals surface area contributed by atoms with Gasteiger partial charge in [-0.1, -0.05) is 6.92 Å². The first kappa shape index (κ1) is 19.0. The third kappa shape index (κ3) is 3.53. The van der Waals surface area contributed by atoms with Crippen LogP contribution in [0, 0.1) is 5.92 Å². The third-order valence-corrected chi connectivity index (χ3v) is 4.83. The Bertz CT molecular complexity index is 392. The molecule has 0 aromatic rings. The quantitative estimate of drug-likeness (QED) is 0.278. The van der Waals surface area contributed by atoms with Gasteiger partial charge in [0.15, 0.2) is 5.79 Å². The standard InChI is InChI=1S/C14H26O9/c1-2-14(21)13(20)12(7(16)5-22-14)23-8-3-6(4-15)9(17)11(19)10(8)18/h6-13,15-21H,2-5H2,1H3/t6?,7-,8-,9+,10-,11?,12?,13-,14?/m1/s1. The normalized spacial score (nSPS) is 51.7. The second-order valence-corrected chi connectivity index (χ2v) is 6.31. The Hall–Kier alpha value is -0.360. The summed E-state index contributed by atoms with van der Waals surface area (Å²) in [5.74, 6) is -2.59. The summed E-state index contributed by atoms with van der Waals surface area (Å²) >= 11 is 0. The topological polar surface area (TPSA) is 160 Å². The summed E-state index contributed by atoms with van der Waals surface area (Å²) in [4.78, 5) is 0. The average Bonchev–Trinajstić information content (AvgIpc) is 2.55. The van der Waals surface area contributed by atoms with Gasteiger partial charge in [-0.2, -0.15) is 0 Å². The molecule has 0 bridgehead atoms. The number of hydrogen-bond donors (Lipinski definition) is 7. The molecular formula is C14H26O9. The molecule has 2 aliphatic rings. The second-order valence-electron chi connectivity index (χ2n) is 6.31. The molecule has 9 atom stereocenters. The van der Waals surface area contributed by atoms with Crippen molar-refractivity contribution in [1.29, 1.82) is 0 Å². The van der Waals surface area contributed by atoms with E-state index in [4.69, 9.17) is 9.47 Å². The molecule has 1 aliphatic heterocycles. The monoisotopic (exact) mass is 338 g/mol. The van der Waals surface area contributed by atoms with Gasteiger partial charge in [-0.15, -0.1) is 0 Å². The summed E-state index contributed by atoms with van der Waals surface area (Å²) < 4.78 is 10.6. The molecule has 0 radical (unpaired) electrons. The highest BCUT2D eigenvalue weighted by Crippen LogP contribution is 2.33. The van der Waals surface area contributed by atoms with E-state index in [0.29, 0.717) is 0 Å². The zero-order chi connectivity index (χ0) is 17.4. The zero-order valence-corrected chi connectivity index (χ0v) is 12.9. The largest absolute Gasteiger partial charge is 0.396 e. The maximum atomic E-state index is 10.2. The molecule has 7 N–H and O–H groups in total. The molecule has 0 aromatic carbocycles. The SMILES string of the molecule is CCC1(O)OC[C@@H](O)C(O[C@@H]2CC(CO)[C@H](O)C(O)[C@@H]2O)[C@H]1O. The minimum absolute atomic E-state index is 0.0250. The van der Waals surface area contributed by atoms with E-state index in [0.717, 1.165) is 0 Å². The predicted octanol–water partition coefficient (Wildman–Crippen LogP) is -3.31. The summed E-state index contributed by atoms with van der Waals surface area (Å²) in [5.41, 5.74) is 0. The molecule has 1 saturated carbocycles. The molecule has 2 rings (SSSR count). The molecule has 9 heteroatoms. The van der Waals surface area contributed by atoms with Crippen molar-refractivity contribution in [2.75, 3.05) is 13.2 Å². The van der Waals surface area contributed by atoms with Crippen molar-refractivity contribution in [1.82, 2.24) is 0 Å². The summed E-state index contributed by atoms with van der Waals surface area (Å²) in [7, 11) is 0. The zero-order valence-electron chi connectivity index (χ0n) is 12.9. The van der Waals surface area contributed by atoms with Crippen LogP contribution in [0.1, 0.15) is 19.8 Å². The summed E-state index contributed by atoms with van der Waals surface area (Å²) in [5, 5.41) is 69.2. The van der Waals surface area contributed by atoms with E-state index in [1.807, 2.05) is 0 Å². The second kappa shape index (κ2) is 7.26. The number of aliphatic hydroxyl groups is 7. The molecule has 0 amide bonds. The van der Waals surface area contributed by atoms with Gasteiger partial charge < -0.3 is 45.2 Å². The lowest BCUT2D eigenvalue weighted by Crippen LogP contribution is -2.64. The summed E-state index contributed by atoms with van der Waals surface area (Å²) in [6, 6.07) is 0. The molecule has 9 nitrogen and oxygen atoms in total. The van der Waals surface area contributed by atoms with E-state index in [-0.39, 0.29) is 19.4 Å². The van der Waals surface area contributed by atoms with Crippen molar-refractivity contribution >= 4 is 0 Å². The van der Waals surface area contributed by atoms with E-state index in [2.05, 4.69) is 0 Å². The van der Waals surface area contributed by atoms with Gasteiger partial charge in [0.1, 0.15) is 30.5 Å². The van der Waals surface area contributed by atoms with E-state index in [1.54, 1.807) is 6.92 Å². The van der Waals surface area contributed by atoms with Crippen molar-refractivity contribution in [2.24, 2.45) is 5.92 Å². The van der Waals surface area contributed by atoms with Gasteiger partial charge in [-0.05, 0) is 6.42 Å². The molecule has 0 aromatic heterocycles. The average molecular weight is 338 g/mol. The molecule has 4 unspecified atom stereocenters. The van der Waals surface area contributed by atoms with Gasteiger partial charge in [0.25, 0.3) is 0 Å². The van der Waals surface area contributed by atoms with Crippen LogP contribution in [0.25, 0.3) is 0 Å². The Kier molecular flexibility index (Phi) is 5.99. The molecule has 1 saturated heterocycles. The minimum atomic E-state index is -1.88. The Morgan fingerprint density at radius 3 is 2.30 bits per heavy atom. The molecule has 23 heavy (non-hydrogen) atoms. The van der Waals surface area contributed by atoms with Gasteiger partial charge in [0.05, 0.1) is 18.8 Å². The fourth-order valence-corrected chi connectivity index (χ4v) is 3.15. The number of aliphatic hydroxyl groups excluding tert-OH is 6.